The molecule has 0 aromatic heterocycles. The molecule has 2 amide bonds. The third-order valence-electron chi connectivity index (χ3n) is 2.37. The minimum atomic E-state index is -5.25. The number of hydrogen-bond acceptors (Lipinski definition) is 3. The summed E-state index contributed by atoms with van der Waals surface area (Å²) >= 11 is 0. The summed E-state index contributed by atoms with van der Waals surface area (Å²) in [7, 11) is 0. The van der Waals surface area contributed by atoms with E-state index in [1.807, 2.05) is 5.32 Å². The van der Waals surface area contributed by atoms with Crippen molar-refractivity contribution >= 4 is 11.8 Å². The van der Waals surface area contributed by atoms with Crippen molar-refractivity contribution in [3.8, 4) is 0 Å². The molecule has 1 heterocycles. The fraction of sp³-hybridized carbons (Fsp3) is 0.778. The maximum atomic E-state index is 12.4. The van der Waals surface area contributed by atoms with Gasteiger partial charge in [0.05, 0.1) is 0 Å². The van der Waals surface area contributed by atoms with Gasteiger partial charge in [-0.1, -0.05) is 13.8 Å². The summed E-state index contributed by atoms with van der Waals surface area (Å²) < 4.78 is 37.2. The van der Waals surface area contributed by atoms with E-state index in [-0.39, 0.29) is 12.3 Å². The Kier molecular flexibility index (Phi) is 3.37. The molecule has 3 N–H and O–H groups in total. The van der Waals surface area contributed by atoms with E-state index in [0.717, 1.165) is 0 Å². The van der Waals surface area contributed by atoms with Gasteiger partial charge in [-0.25, -0.2) is 0 Å². The van der Waals surface area contributed by atoms with Crippen molar-refractivity contribution in [2.24, 2.45) is 5.92 Å². The zero-order valence-corrected chi connectivity index (χ0v) is 9.26. The smallest absolute Gasteiger partial charge is 0.356 e. The molecule has 0 saturated carbocycles. The van der Waals surface area contributed by atoms with Gasteiger partial charge in [-0.3, -0.25) is 9.59 Å². The summed E-state index contributed by atoms with van der Waals surface area (Å²) in [6.45, 7) is 3.51. The van der Waals surface area contributed by atoms with E-state index >= 15 is 0 Å². The first-order valence-corrected chi connectivity index (χ1v) is 5.00. The first-order chi connectivity index (χ1) is 7.58. The van der Waals surface area contributed by atoms with Crippen LogP contribution in [0.15, 0.2) is 0 Å². The zero-order chi connectivity index (χ0) is 13.4. The summed E-state index contributed by atoms with van der Waals surface area (Å²) in [6.07, 6.45) is -5.05. The number of hydrogen-bond donors (Lipinski definition) is 3. The van der Waals surface area contributed by atoms with Crippen LogP contribution in [0.2, 0.25) is 0 Å². The zero-order valence-electron chi connectivity index (χ0n) is 9.26. The standard InChI is InChI=1S/C9H13F3N2O3/c1-4(2)3-5-6(15)14-8(17,7(16)13-5)9(10,11)12/h4-5,17H,3H2,1-2H3,(H,13,16)(H,14,15)/t5-,8-/m1/s1. The number of aliphatic hydroxyl groups is 1. The van der Waals surface area contributed by atoms with E-state index in [9.17, 15) is 22.8 Å². The quantitative estimate of drug-likeness (QED) is 0.643. The third-order valence-corrected chi connectivity index (χ3v) is 2.37. The molecule has 0 bridgehead atoms. The van der Waals surface area contributed by atoms with Crippen LogP contribution in [-0.4, -0.2) is 34.9 Å². The highest BCUT2D eigenvalue weighted by Gasteiger charge is 2.63. The average Bonchev–Trinajstić information content (AvgIpc) is 2.11. The second-order valence-electron chi connectivity index (χ2n) is 4.35. The summed E-state index contributed by atoms with van der Waals surface area (Å²) in [4.78, 5) is 22.6. The second-order valence-corrected chi connectivity index (χ2v) is 4.35. The van der Waals surface area contributed by atoms with E-state index in [1.165, 1.54) is 5.32 Å². The average molecular weight is 254 g/mol. The predicted octanol–water partition coefficient (Wildman–Crippen LogP) is -0.102. The summed E-state index contributed by atoms with van der Waals surface area (Å²) in [6, 6.07) is -1.05. The molecule has 8 heteroatoms. The van der Waals surface area contributed by atoms with Crippen molar-refractivity contribution in [3.05, 3.63) is 0 Å². The molecule has 1 rings (SSSR count). The third kappa shape index (κ3) is 2.51. The molecular weight excluding hydrogens is 241 g/mol. The van der Waals surface area contributed by atoms with Gasteiger partial charge in [-0.05, 0) is 12.3 Å². The molecule has 0 radical (unpaired) electrons. The summed E-state index contributed by atoms with van der Waals surface area (Å²) in [5, 5.41) is 12.3. The summed E-state index contributed by atoms with van der Waals surface area (Å²) in [5.41, 5.74) is -3.84. The van der Waals surface area contributed by atoms with Crippen LogP contribution in [0, 0.1) is 5.92 Å². The van der Waals surface area contributed by atoms with E-state index in [4.69, 9.17) is 5.11 Å². The lowest BCUT2D eigenvalue weighted by atomic mass is 9.98. The molecule has 2 atom stereocenters. The van der Waals surface area contributed by atoms with Gasteiger partial charge in [0.1, 0.15) is 6.04 Å². The van der Waals surface area contributed by atoms with E-state index in [1.54, 1.807) is 13.8 Å². The molecule has 0 spiro atoms. The van der Waals surface area contributed by atoms with Gasteiger partial charge in [0.15, 0.2) is 0 Å². The van der Waals surface area contributed by atoms with Gasteiger partial charge in [0, 0.05) is 0 Å². The number of piperazine rings is 1. The molecule has 0 aliphatic carbocycles. The van der Waals surface area contributed by atoms with Crippen LogP contribution in [0.1, 0.15) is 20.3 Å². The van der Waals surface area contributed by atoms with Crippen LogP contribution >= 0.6 is 0 Å². The Labute approximate surface area is 95.4 Å². The lowest BCUT2D eigenvalue weighted by Gasteiger charge is -2.37. The molecule has 0 aromatic carbocycles. The minimum absolute atomic E-state index is 0.0168. The fourth-order valence-corrected chi connectivity index (χ4v) is 1.49. The van der Waals surface area contributed by atoms with Crippen LogP contribution in [-0.2, 0) is 9.59 Å². The SMILES string of the molecule is CC(C)C[C@H]1NC(=O)[C@@](O)(C(F)(F)F)NC1=O. The molecular formula is C9H13F3N2O3. The number of rotatable bonds is 2. The van der Waals surface area contributed by atoms with E-state index in [0.29, 0.717) is 0 Å². The molecule has 1 aliphatic rings. The van der Waals surface area contributed by atoms with Gasteiger partial charge in [0.25, 0.3) is 5.91 Å². The van der Waals surface area contributed by atoms with Gasteiger partial charge >= 0.3 is 11.9 Å². The van der Waals surface area contributed by atoms with Gasteiger partial charge < -0.3 is 15.7 Å². The Morgan fingerprint density at radius 2 is 1.94 bits per heavy atom. The normalized spacial score (nSPS) is 30.2. The minimum Gasteiger partial charge on any atom is -0.356 e. The topological polar surface area (TPSA) is 78.4 Å². The highest BCUT2D eigenvalue weighted by molar-refractivity contribution is 5.99. The van der Waals surface area contributed by atoms with Crippen molar-refractivity contribution in [2.45, 2.75) is 38.2 Å². The highest BCUT2D eigenvalue weighted by atomic mass is 19.4. The molecule has 0 aromatic rings. The van der Waals surface area contributed by atoms with Crippen LogP contribution in [0.4, 0.5) is 13.2 Å². The molecule has 0 unspecified atom stereocenters. The van der Waals surface area contributed by atoms with Crippen LogP contribution in [0.5, 0.6) is 0 Å². The number of carbonyl (C=O) groups excluding carboxylic acids is 2. The Balaban J connectivity index is 2.88. The molecule has 1 fully saturated rings. The Bertz CT molecular complexity index is 343. The molecule has 1 aliphatic heterocycles. The molecule has 17 heavy (non-hydrogen) atoms. The molecule has 98 valence electrons. The van der Waals surface area contributed by atoms with Crippen molar-refractivity contribution in [1.29, 1.82) is 0 Å². The van der Waals surface area contributed by atoms with Gasteiger partial charge in [0.2, 0.25) is 5.91 Å². The van der Waals surface area contributed by atoms with Gasteiger partial charge in [-0.2, -0.15) is 13.2 Å². The fourth-order valence-electron chi connectivity index (χ4n) is 1.49. The van der Waals surface area contributed by atoms with Crippen LogP contribution < -0.4 is 10.6 Å². The Morgan fingerprint density at radius 3 is 2.35 bits per heavy atom. The summed E-state index contributed by atoms with van der Waals surface area (Å²) in [5.74, 6) is -2.68. The maximum Gasteiger partial charge on any atom is 0.446 e. The molecule has 5 nitrogen and oxygen atoms in total. The van der Waals surface area contributed by atoms with E-state index < -0.39 is 29.8 Å². The molecule has 1 saturated heterocycles. The largest absolute Gasteiger partial charge is 0.446 e. The second kappa shape index (κ2) is 4.17. The van der Waals surface area contributed by atoms with Crippen LogP contribution in [0.3, 0.4) is 0 Å². The lowest BCUT2D eigenvalue weighted by molar-refractivity contribution is -0.264. The van der Waals surface area contributed by atoms with Crippen molar-refractivity contribution in [3.63, 3.8) is 0 Å². The number of alkyl halides is 3. The first kappa shape index (κ1) is 13.8. The first-order valence-electron chi connectivity index (χ1n) is 5.00. The Morgan fingerprint density at radius 1 is 1.41 bits per heavy atom. The number of amides is 2. The van der Waals surface area contributed by atoms with Crippen molar-refractivity contribution in [1.82, 2.24) is 10.6 Å². The van der Waals surface area contributed by atoms with Gasteiger partial charge in [-0.15, -0.1) is 0 Å². The predicted molar refractivity (Wildman–Crippen MR) is 50.5 cm³/mol. The monoisotopic (exact) mass is 254 g/mol. The van der Waals surface area contributed by atoms with Crippen molar-refractivity contribution < 1.29 is 27.9 Å². The van der Waals surface area contributed by atoms with Crippen molar-refractivity contribution in [2.75, 3.05) is 0 Å². The lowest BCUT2D eigenvalue weighted by Crippen LogP contribution is -2.75. The number of carbonyl (C=O) groups is 2. The van der Waals surface area contributed by atoms with Crippen LogP contribution in [0.25, 0.3) is 0 Å². The highest BCUT2D eigenvalue weighted by Crippen LogP contribution is 2.30. The Hall–Kier alpha value is -1.31. The number of nitrogens with one attached hydrogen (secondary N) is 2. The maximum absolute atomic E-state index is 12.4. The van der Waals surface area contributed by atoms with E-state index in [2.05, 4.69) is 0 Å². The number of halogens is 3.